The molecule has 10 atom stereocenters. The lowest BCUT2D eigenvalue weighted by Crippen LogP contribution is -2.67. The van der Waals surface area contributed by atoms with Gasteiger partial charge in [-0.25, -0.2) is 0 Å². The maximum Gasteiger partial charge on any atom is 0.176 e. The van der Waals surface area contributed by atoms with Crippen LogP contribution in [0.2, 0.25) is 0 Å². The molecule has 25 heavy (non-hydrogen) atoms. The van der Waals surface area contributed by atoms with E-state index in [2.05, 4.69) is 10.0 Å². The fraction of sp³-hybridized carbons (Fsp3) is 1.00. The summed E-state index contributed by atoms with van der Waals surface area (Å²) in [6, 6.07) is -2.34. The Morgan fingerprint density at radius 3 is 2.16 bits per heavy atom. The van der Waals surface area contributed by atoms with Gasteiger partial charge in [0, 0.05) is 4.91 Å². The first-order chi connectivity index (χ1) is 11.8. The second-order valence-electron chi connectivity index (χ2n) is 5.91. The fourth-order valence-electron chi connectivity index (χ4n) is 2.81. The molecule has 0 radical (unpaired) electrons. The summed E-state index contributed by atoms with van der Waals surface area (Å²) in [5.74, 6) is 0. The summed E-state index contributed by atoms with van der Waals surface area (Å²) >= 11 is 0. The number of azide groups is 1. The van der Waals surface area contributed by atoms with Crippen molar-refractivity contribution in [3.8, 4) is 0 Å². The minimum atomic E-state index is -1.45. The Morgan fingerprint density at radius 1 is 0.960 bits per heavy atom. The van der Waals surface area contributed by atoms with Crippen LogP contribution in [0.4, 0.5) is 0 Å². The van der Waals surface area contributed by atoms with E-state index in [1.807, 2.05) is 0 Å². The Kier molecular flexibility index (Phi) is 6.90. The summed E-state index contributed by atoms with van der Waals surface area (Å²) in [6.45, 7) is -1.20. The average Bonchev–Trinajstić information content (AvgIpc) is 2.61. The molecule has 2 heterocycles. The molecule has 9 N–H and O–H groups in total. The van der Waals surface area contributed by atoms with Crippen LogP contribution in [0.25, 0.3) is 10.4 Å². The highest BCUT2D eigenvalue weighted by molar-refractivity contribution is 4.97. The lowest BCUT2D eigenvalue weighted by Gasteiger charge is -2.46. The Hall–Kier alpha value is -1.09. The summed E-state index contributed by atoms with van der Waals surface area (Å²) in [5, 5.41) is 52.0. The van der Waals surface area contributed by atoms with Crippen LogP contribution in [0.3, 0.4) is 0 Å². The molecular weight excluding hydrogens is 342 g/mol. The van der Waals surface area contributed by atoms with Gasteiger partial charge in [0.1, 0.15) is 36.6 Å². The third-order valence-electron chi connectivity index (χ3n) is 4.31. The Morgan fingerprint density at radius 2 is 1.60 bits per heavy atom. The largest absolute Gasteiger partial charge is 0.394 e. The number of hydrogen-bond donors (Lipinski definition) is 7. The van der Waals surface area contributed by atoms with Gasteiger partial charge in [-0.3, -0.25) is 0 Å². The summed E-state index contributed by atoms with van der Waals surface area (Å²) in [5.41, 5.74) is 20.0. The minimum absolute atomic E-state index is 0.595. The van der Waals surface area contributed by atoms with Crippen LogP contribution in [0.1, 0.15) is 0 Å². The van der Waals surface area contributed by atoms with Crippen molar-refractivity contribution >= 4 is 0 Å². The summed E-state index contributed by atoms with van der Waals surface area (Å²) in [6.07, 6.45) is -10.3. The van der Waals surface area contributed by atoms with Crippen LogP contribution < -0.4 is 11.5 Å². The predicted octanol–water partition coefficient (Wildman–Crippen LogP) is -4.15. The van der Waals surface area contributed by atoms with Crippen molar-refractivity contribution in [3.05, 3.63) is 10.4 Å². The zero-order valence-corrected chi connectivity index (χ0v) is 13.1. The first kappa shape index (κ1) is 20.2. The molecule has 144 valence electrons. The van der Waals surface area contributed by atoms with E-state index >= 15 is 0 Å². The van der Waals surface area contributed by atoms with Gasteiger partial charge in [-0.2, -0.15) is 0 Å². The lowest BCUT2D eigenvalue weighted by atomic mass is 9.95. The highest BCUT2D eigenvalue weighted by Gasteiger charge is 2.49. The number of rotatable bonds is 5. The van der Waals surface area contributed by atoms with Crippen molar-refractivity contribution in [2.24, 2.45) is 16.6 Å². The maximum absolute atomic E-state index is 10.3. The second-order valence-corrected chi connectivity index (χ2v) is 5.91. The molecule has 0 bridgehead atoms. The van der Waals surface area contributed by atoms with Gasteiger partial charge in [-0.05, 0) is 5.53 Å². The van der Waals surface area contributed by atoms with E-state index in [-0.39, 0.29) is 0 Å². The van der Waals surface area contributed by atoms with E-state index in [0.29, 0.717) is 0 Å². The standard InChI is InChI=1S/C12H23N5O8/c13-5-9(22)10(4(2-19)23-11(5)16-17-15)25-12-6(14)8(21)7(20)3(1-18)24-12/h3-12,18-22H,1-2,13-14H2/t3-,4-,5-,6-,7-,8-,9-,10-,11-,12+/m1/s1. The molecule has 0 aliphatic carbocycles. The van der Waals surface area contributed by atoms with Crippen LogP contribution in [0.5, 0.6) is 0 Å². The zero-order valence-electron chi connectivity index (χ0n) is 13.1. The van der Waals surface area contributed by atoms with Gasteiger partial charge < -0.3 is 51.2 Å². The molecule has 0 spiro atoms. The maximum atomic E-state index is 10.3. The predicted molar refractivity (Wildman–Crippen MR) is 79.5 cm³/mol. The van der Waals surface area contributed by atoms with Gasteiger partial charge in [0.05, 0.1) is 25.3 Å². The number of aliphatic hydroxyl groups is 5. The van der Waals surface area contributed by atoms with Gasteiger partial charge in [-0.1, -0.05) is 5.11 Å². The molecule has 0 aromatic rings. The third-order valence-corrected chi connectivity index (χ3v) is 4.31. The highest BCUT2D eigenvalue weighted by atomic mass is 16.7. The van der Waals surface area contributed by atoms with Crippen molar-refractivity contribution in [2.75, 3.05) is 13.2 Å². The van der Waals surface area contributed by atoms with Crippen molar-refractivity contribution in [2.45, 2.75) is 61.2 Å². The SMILES string of the molecule is [N-]=[N+]=N[C@@H]1O[C@H](CO)[C@@H](O[C@@H]2O[C@H](CO)[C@@H](O)[C@H](O)[C@H]2N)[C@H](O)[C@H]1N. The molecule has 2 aliphatic heterocycles. The average molecular weight is 365 g/mol. The van der Waals surface area contributed by atoms with Gasteiger partial charge in [0.15, 0.2) is 12.5 Å². The molecule has 0 saturated carbocycles. The fourth-order valence-corrected chi connectivity index (χ4v) is 2.81. The number of aliphatic hydroxyl groups excluding tert-OH is 5. The molecule has 0 amide bonds. The van der Waals surface area contributed by atoms with E-state index in [1.54, 1.807) is 0 Å². The molecule has 2 rings (SSSR count). The lowest BCUT2D eigenvalue weighted by molar-refractivity contribution is -0.310. The minimum Gasteiger partial charge on any atom is -0.394 e. The molecule has 2 fully saturated rings. The first-order valence-corrected chi connectivity index (χ1v) is 7.63. The van der Waals surface area contributed by atoms with Crippen molar-refractivity contribution in [1.82, 2.24) is 0 Å². The quantitative estimate of drug-likeness (QED) is 0.141. The molecule has 13 heteroatoms. The molecule has 13 nitrogen and oxygen atoms in total. The van der Waals surface area contributed by atoms with E-state index in [9.17, 15) is 25.5 Å². The number of hydrogen-bond acceptors (Lipinski definition) is 11. The Balaban J connectivity index is 2.15. The van der Waals surface area contributed by atoms with Gasteiger partial charge in [0.2, 0.25) is 0 Å². The molecule has 0 aromatic heterocycles. The topological polar surface area (TPSA) is 230 Å². The number of nitrogens with two attached hydrogens (primary N) is 2. The number of nitrogens with zero attached hydrogens (tertiary/aromatic N) is 3. The van der Waals surface area contributed by atoms with Crippen LogP contribution in [-0.4, -0.2) is 100.0 Å². The van der Waals surface area contributed by atoms with Crippen LogP contribution in [0, 0.1) is 0 Å². The third kappa shape index (κ3) is 4.02. The van der Waals surface area contributed by atoms with Crippen molar-refractivity contribution in [1.29, 1.82) is 0 Å². The molecule has 0 aromatic carbocycles. The van der Waals surface area contributed by atoms with E-state index in [4.69, 9.17) is 31.2 Å². The molecular formula is C12H23N5O8. The zero-order chi connectivity index (χ0) is 18.7. The van der Waals surface area contributed by atoms with Crippen LogP contribution in [-0.2, 0) is 14.2 Å². The summed E-state index contributed by atoms with van der Waals surface area (Å²) in [4.78, 5) is 2.56. The van der Waals surface area contributed by atoms with Gasteiger partial charge in [-0.15, -0.1) is 0 Å². The van der Waals surface area contributed by atoms with E-state index in [1.165, 1.54) is 0 Å². The van der Waals surface area contributed by atoms with Gasteiger partial charge >= 0.3 is 0 Å². The monoisotopic (exact) mass is 365 g/mol. The Bertz CT molecular complexity index is 490. The van der Waals surface area contributed by atoms with E-state index in [0.717, 1.165) is 0 Å². The second kappa shape index (κ2) is 8.53. The number of ether oxygens (including phenoxy) is 3. The van der Waals surface area contributed by atoms with Crippen molar-refractivity contribution in [3.63, 3.8) is 0 Å². The summed E-state index contributed by atoms with van der Waals surface area (Å²) in [7, 11) is 0. The molecule has 0 unspecified atom stereocenters. The van der Waals surface area contributed by atoms with Crippen LogP contribution in [0.15, 0.2) is 5.11 Å². The Labute approximate surface area is 142 Å². The molecule has 2 saturated heterocycles. The first-order valence-electron chi connectivity index (χ1n) is 7.63. The molecule has 2 aliphatic rings. The van der Waals surface area contributed by atoms with Crippen molar-refractivity contribution < 1.29 is 39.7 Å². The smallest absolute Gasteiger partial charge is 0.176 e. The van der Waals surface area contributed by atoms with E-state index < -0.39 is 74.4 Å². The normalized spacial score (nSPS) is 48.0. The van der Waals surface area contributed by atoms with Gasteiger partial charge in [0.25, 0.3) is 0 Å². The van der Waals surface area contributed by atoms with Crippen LogP contribution >= 0.6 is 0 Å². The summed E-state index contributed by atoms with van der Waals surface area (Å²) < 4.78 is 16.1. The highest BCUT2D eigenvalue weighted by Crippen LogP contribution is 2.28.